The SMILES string of the molecule is COc1cc2cc(C(=O)OCc3ccccc3)n(CC(=O)OC(C)(C)C)c2cn1. The van der Waals surface area contributed by atoms with Gasteiger partial charge in [0, 0.05) is 11.5 Å². The summed E-state index contributed by atoms with van der Waals surface area (Å²) in [6.45, 7) is 5.38. The predicted molar refractivity (Wildman–Crippen MR) is 108 cm³/mol. The number of carbonyl (C=O) groups excluding carboxylic acids is 2. The van der Waals surface area contributed by atoms with Gasteiger partial charge in [-0.2, -0.15) is 0 Å². The van der Waals surface area contributed by atoms with Gasteiger partial charge in [0.25, 0.3) is 0 Å². The number of esters is 2. The molecule has 3 rings (SSSR count). The zero-order valence-electron chi connectivity index (χ0n) is 17.0. The van der Waals surface area contributed by atoms with Gasteiger partial charge in [-0.25, -0.2) is 9.78 Å². The first kappa shape index (κ1) is 20.4. The van der Waals surface area contributed by atoms with Crippen LogP contribution >= 0.6 is 0 Å². The summed E-state index contributed by atoms with van der Waals surface area (Å²) < 4.78 is 17.6. The zero-order valence-corrected chi connectivity index (χ0v) is 17.0. The third-order valence-electron chi connectivity index (χ3n) is 4.10. The molecule has 1 aromatic carbocycles. The molecule has 0 atom stereocenters. The second-order valence-corrected chi connectivity index (χ2v) is 7.55. The molecule has 0 amide bonds. The summed E-state index contributed by atoms with van der Waals surface area (Å²) >= 11 is 0. The van der Waals surface area contributed by atoms with Crippen LogP contribution in [0.3, 0.4) is 0 Å². The highest BCUT2D eigenvalue weighted by Gasteiger charge is 2.23. The average Bonchev–Trinajstić information content (AvgIpc) is 3.03. The summed E-state index contributed by atoms with van der Waals surface area (Å²) in [5.41, 5.74) is 1.11. The second-order valence-electron chi connectivity index (χ2n) is 7.55. The Bertz CT molecular complexity index is 1020. The molecule has 0 aliphatic carbocycles. The van der Waals surface area contributed by atoms with E-state index in [2.05, 4.69) is 4.98 Å². The molecular formula is C22H24N2O5. The molecule has 0 saturated carbocycles. The van der Waals surface area contributed by atoms with E-state index in [1.54, 1.807) is 43.7 Å². The highest BCUT2D eigenvalue weighted by molar-refractivity contribution is 5.96. The van der Waals surface area contributed by atoms with Crippen molar-refractivity contribution in [3.63, 3.8) is 0 Å². The van der Waals surface area contributed by atoms with Gasteiger partial charge in [-0.3, -0.25) is 4.79 Å². The summed E-state index contributed by atoms with van der Waals surface area (Å²) in [4.78, 5) is 29.4. The number of pyridine rings is 1. The quantitative estimate of drug-likeness (QED) is 0.591. The van der Waals surface area contributed by atoms with Crippen LogP contribution in [0, 0.1) is 0 Å². The predicted octanol–water partition coefficient (Wildman–Crippen LogP) is 3.74. The molecule has 0 aliphatic rings. The van der Waals surface area contributed by atoms with Crippen LogP contribution in [0.5, 0.6) is 5.88 Å². The molecule has 0 fully saturated rings. The number of fused-ring (bicyclic) bond motifs is 1. The Morgan fingerprint density at radius 3 is 2.48 bits per heavy atom. The van der Waals surface area contributed by atoms with Crippen molar-refractivity contribution in [3.05, 3.63) is 59.9 Å². The maximum absolute atomic E-state index is 12.8. The van der Waals surface area contributed by atoms with E-state index in [4.69, 9.17) is 14.2 Å². The molecule has 7 heteroatoms. The molecule has 0 saturated heterocycles. The molecule has 3 aromatic rings. The molecule has 0 unspecified atom stereocenters. The van der Waals surface area contributed by atoms with Gasteiger partial charge in [-0.15, -0.1) is 0 Å². The maximum atomic E-state index is 12.8. The Morgan fingerprint density at radius 2 is 1.83 bits per heavy atom. The molecule has 0 radical (unpaired) electrons. The summed E-state index contributed by atoms with van der Waals surface area (Å²) in [5.74, 6) is -0.577. The van der Waals surface area contributed by atoms with E-state index < -0.39 is 17.5 Å². The van der Waals surface area contributed by atoms with Crippen LogP contribution in [0.2, 0.25) is 0 Å². The number of hydrogen-bond donors (Lipinski definition) is 0. The van der Waals surface area contributed by atoms with Crippen molar-refractivity contribution < 1.29 is 23.8 Å². The van der Waals surface area contributed by atoms with Gasteiger partial charge >= 0.3 is 11.9 Å². The molecular weight excluding hydrogens is 372 g/mol. The molecule has 29 heavy (non-hydrogen) atoms. The number of hydrogen-bond acceptors (Lipinski definition) is 6. The highest BCUT2D eigenvalue weighted by atomic mass is 16.6. The lowest BCUT2D eigenvalue weighted by molar-refractivity contribution is -0.155. The topological polar surface area (TPSA) is 79.7 Å². The first-order valence-corrected chi connectivity index (χ1v) is 9.23. The van der Waals surface area contributed by atoms with Crippen LogP contribution in [0.1, 0.15) is 36.8 Å². The van der Waals surface area contributed by atoms with Crippen LogP contribution in [-0.2, 0) is 27.4 Å². The lowest BCUT2D eigenvalue weighted by Crippen LogP contribution is -2.27. The third kappa shape index (κ3) is 5.13. The molecule has 0 spiro atoms. The highest BCUT2D eigenvalue weighted by Crippen LogP contribution is 2.24. The minimum atomic E-state index is -0.629. The van der Waals surface area contributed by atoms with E-state index in [1.807, 2.05) is 30.3 Å². The maximum Gasteiger partial charge on any atom is 0.355 e. The van der Waals surface area contributed by atoms with Gasteiger partial charge in [0.15, 0.2) is 0 Å². The van der Waals surface area contributed by atoms with E-state index in [0.717, 1.165) is 5.56 Å². The largest absolute Gasteiger partial charge is 0.481 e. The summed E-state index contributed by atoms with van der Waals surface area (Å²) in [7, 11) is 1.51. The van der Waals surface area contributed by atoms with Crippen LogP contribution in [0.4, 0.5) is 0 Å². The standard InChI is InChI=1S/C22H24N2O5/c1-22(2,3)29-20(25)13-24-17(10-16-11-19(27-4)23-12-18(16)24)21(26)28-14-15-8-6-5-7-9-15/h5-12H,13-14H2,1-4H3. The lowest BCUT2D eigenvalue weighted by Gasteiger charge is -2.20. The minimum Gasteiger partial charge on any atom is -0.481 e. The molecule has 2 heterocycles. The summed E-state index contributed by atoms with van der Waals surface area (Å²) in [6.07, 6.45) is 1.56. The van der Waals surface area contributed by atoms with E-state index in [9.17, 15) is 9.59 Å². The number of nitrogens with zero attached hydrogens (tertiary/aromatic N) is 2. The van der Waals surface area contributed by atoms with Crippen molar-refractivity contribution in [1.29, 1.82) is 0 Å². The van der Waals surface area contributed by atoms with Gasteiger partial charge in [0.05, 0.1) is 18.8 Å². The van der Waals surface area contributed by atoms with Gasteiger partial charge in [-0.05, 0) is 32.4 Å². The fourth-order valence-electron chi connectivity index (χ4n) is 2.89. The molecule has 2 aromatic heterocycles. The Kier molecular flexibility index (Phi) is 5.87. The molecule has 152 valence electrons. The summed E-state index contributed by atoms with van der Waals surface area (Å²) in [5, 5.41) is 0.715. The van der Waals surface area contributed by atoms with E-state index in [1.165, 1.54) is 7.11 Å². The fraction of sp³-hybridized carbons (Fsp3) is 0.318. The van der Waals surface area contributed by atoms with Crippen molar-refractivity contribution in [2.45, 2.75) is 39.5 Å². The van der Waals surface area contributed by atoms with Gasteiger partial charge in [0.2, 0.25) is 5.88 Å². The van der Waals surface area contributed by atoms with Gasteiger partial charge in [0.1, 0.15) is 24.4 Å². The number of benzene rings is 1. The Labute approximate surface area is 169 Å². The Morgan fingerprint density at radius 1 is 1.10 bits per heavy atom. The van der Waals surface area contributed by atoms with Crippen molar-refractivity contribution in [3.8, 4) is 5.88 Å². The van der Waals surface area contributed by atoms with Gasteiger partial charge < -0.3 is 18.8 Å². The molecule has 0 aliphatic heterocycles. The number of methoxy groups -OCH3 is 1. The first-order valence-electron chi connectivity index (χ1n) is 9.23. The van der Waals surface area contributed by atoms with Gasteiger partial charge in [-0.1, -0.05) is 30.3 Å². The van der Waals surface area contributed by atoms with Crippen LogP contribution in [-0.4, -0.2) is 34.2 Å². The summed E-state index contributed by atoms with van der Waals surface area (Å²) in [6, 6.07) is 12.8. The number of aromatic nitrogens is 2. The lowest BCUT2D eigenvalue weighted by atomic mass is 10.2. The molecule has 0 bridgehead atoms. The van der Waals surface area contributed by atoms with E-state index in [-0.39, 0.29) is 18.8 Å². The Hall–Kier alpha value is -3.35. The van der Waals surface area contributed by atoms with Crippen molar-refractivity contribution >= 4 is 22.8 Å². The molecule has 7 nitrogen and oxygen atoms in total. The normalized spacial score (nSPS) is 11.3. The van der Waals surface area contributed by atoms with Crippen LogP contribution in [0.25, 0.3) is 10.9 Å². The van der Waals surface area contributed by atoms with Crippen molar-refractivity contribution in [2.24, 2.45) is 0 Å². The number of ether oxygens (including phenoxy) is 3. The van der Waals surface area contributed by atoms with E-state index >= 15 is 0 Å². The van der Waals surface area contributed by atoms with E-state index in [0.29, 0.717) is 16.8 Å². The smallest absolute Gasteiger partial charge is 0.355 e. The number of carbonyl (C=O) groups is 2. The minimum absolute atomic E-state index is 0.134. The first-order chi connectivity index (χ1) is 13.8. The monoisotopic (exact) mass is 396 g/mol. The third-order valence-corrected chi connectivity index (χ3v) is 4.10. The van der Waals surface area contributed by atoms with Crippen molar-refractivity contribution in [2.75, 3.05) is 7.11 Å². The zero-order chi connectivity index (χ0) is 21.0. The number of rotatable bonds is 6. The second kappa shape index (κ2) is 8.34. The average molecular weight is 396 g/mol. The fourth-order valence-corrected chi connectivity index (χ4v) is 2.89. The van der Waals surface area contributed by atoms with Crippen molar-refractivity contribution in [1.82, 2.24) is 9.55 Å². The van der Waals surface area contributed by atoms with Crippen LogP contribution in [0.15, 0.2) is 48.7 Å². The van der Waals surface area contributed by atoms with Crippen LogP contribution < -0.4 is 4.74 Å². The Balaban J connectivity index is 1.91. The molecule has 0 N–H and O–H groups in total.